The van der Waals surface area contributed by atoms with Gasteiger partial charge in [-0.2, -0.15) is 0 Å². The van der Waals surface area contributed by atoms with Gasteiger partial charge in [-0.15, -0.1) is 0 Å². The Labute approximate surface area is 116 Å². The molecule has 3 fully saturated rings. The third kappa shape index (κ3) is 4.15. The smallest absolute Gasteiger partial charge is 0.0702 e. The molecule has 0 amide bonds. The first-order valence-corrected chi connectivity index (χ1v) is 7.97. The molecule has 0 aromatic heterocycles. The van der Waals surface area contributed by atoms with E-state index in [2.05, 4.69) is 4.90 Å². The fraction of sp³-hybridized carbons (Fsp3) is 1.00. The Bertz CT molecular complexity index is 213. The van der Waals surface area contributed by atoms with Gasteiger partial charge in [-0.1, -0.05) is 0 Å². The molecule has 3 atom stereocenters. The zero-order valence-corrected chi connectivity index (χ0v) is 11.9. The standard InChI is InChI=1S/C15H27NO3/c1-4-13(17-7-1)10-16(11-14-5-2-8-18-14)12-15-6-3-9-19-15/h13-15H,1-12H2. The van der Waals surface area contributed by atoms with E-state index in [0.717, 1.165) is 39.5 Å². The van der Waals surface area contributed by atoms with Crippen molar-refractivity contribution in [3.8, 4) is 0 Å². The zero-order chi connectivity index (χ0) is 12.9. The summed E-state index contributed by atoms with van der Waals surface area (Å²) >= 11 is 0. The highest BCUT2D eigenvalue weighted by Gasteiger charge is 2.26. The molecule has 0 radical (unpaired) electrons. The summed E-state index contributed by atoms with van der Waals surface area (Å²) in [5.41, 5.74) is 0. The lowest BCUT2D eigenvalue weighted by atomic mass is 10.1. The molecule has 0 bridgehead atoms. The molecule has 3 rings (SSSR count). The Balaban J connectivity index is 1.49. The Hall–Kier alpha value is -0.160. The predicted octanol–water partition coefficient (Wildman–Crippen LogP) is 1.83. The topological polar surface area (TPSA) is 30.9 Å². The summed E-state index contributed by atoms with van der Waals surface area (Å²) in [5.74, 6) is 0. The van der Waals surface area contributed by atoms with Gasteiger partial charge in [0.2, 0.25) is 0 Å². The van der Waals surface area contributed by atoms with Crippen LogP contribution in [0.15, 0.2) is 0 Å². The highest BCUT2D eigenvalue weighted by molar-refractivity contribution is 4.79. The maximum absolute atomic E-state index is 5.79. The van der Waals surface area contributed by atoms with Crippen molar-refractivity contribution in [2.45, 2.75) is 56.8 Å². The fourth-order valence-corrected chi connectivity index (χ4v) is 3.45. The van der Waals surface area contributed by atoms with Crippen molar-refractivity contribution in [3.05, 3.63) is 0 Å². The Morgan fingerprint density at radius 2 is 1.00 bits per heavy atom. The summed E-state index contributed by atoms with van der Waals surface area (Å²) < 4.78 is 17.4. The molecule has 0 saturated carbocycles. The largest absolute Gasteiger partial charge is 0.377 e. The van der Waals surface area contributed by atoms with Crippen molar-refractivity contribution in [3.63, 3.8) is 0 Å². The minimum Gasteiger partial charge on any atom is -0.377 e. The van der Waals surface area contributed by atoms with E-state index >= 15 is 0 Å². The Morgan fingerprint density at radius 1 is 0.632 bits per heavy atom. The number of rotatable bonds is 6. The first kappa shape index (κ1) is 13.8. The molecule has 3 saturated heterocycles. The number of hydrogen-bond donors (Lipinski definition) is 0. The summed E-state index contributed by atoms with van der Waals surface area (Å²) in [7, 11) is 0. The number of nitrogens with zero attached hydrogens (tertiary/aromatic N) is 1. The van der Waals surface area contributed by atoms with Gasteiger partial charge in [0.15, 0.2) is 0 Å². The van der Waals surface area contributed by atoms with E-state index in [1.54, 1.807) is 0 Å². The lowest BCUT2D eigenvalue weighted by Crippen LogP contribution is -2.41. The van der Waals surface area contributed by atoms with Gasteiger partial charge in [0.05, 0.1) is 18.3 Å². The van der Waals surface area contributed by atoms with E-state index in [1.165, 1.54) is 38.5 Å². The van der Waals surface area contributed by atoms with Crippen LogP contribution in [0.2, 0.25) is 0 Å². The molecule has 0 spiro atoms. The van der Waals surface area contributed by atoms with E-state index in [9.17, 15) is 0 Å². The van der Waals surface area contributed by atoms with Crippen molar-refractivity contribution in [1.29, 1.82) is 0 Å². The summed E-state index contributed by atoms with van der Waals surface area (Å²) in [6.07, 6.45) is 8.61. The van der Waals surface area contributed by atoms with E-state index in [1.807, 2.05) is 0 Å². The van der Waals surface area contributed by atoms with Gasteiger partial charge in [-0.3, -0.25) is 4.90 Å². The highest BCUT2D eigenvalue weighted by atomic mass is 16.5. The molecular weight excluding hydrogens is 242 g/mol. The summed E-state index contributed by atoms with van der Waals surface area (Å²) in [6.45, 7) is 5.99. The Morgan fingerprint density at radius 3 is 1.26 bits per heavy atom. The van der Waals surface area contributed by atoms with Gasteiger partial charge >= 0.3 is 0 Å². The average Bonchev–Trinajstić information content (AvgIpc) is 3.10. The van der Waals surface area contributed by atoms with Crippen LogP contribution in [0.25, 0.3) is 0 Å². The summed E-state index contributed by atoms with van der Waals surface area (Å²) in [5, 5.41) is 0. The average molecular weight is 269 g/mol. The van der Waals surface area contributed by atoms with Crippen LogP contribution in [0.1, 0.15) is 38.5 Å². The zero-order valence-electron chi connectivity index (χ0n) is 11.9. The van der Waals surface area contributed by atoms with Crippen LogP contribution in [0.4, 0.5) is 0 Å². The van der Waals surface area contributed by atoms with Gasteiger partial charge in [0, 0.05) is 39.5 Å². The van der Waals surface area contributed by atoms with Crippen molar-refractivity contribution in [1.82, 2.24) is 4.90 Å². The molecule has 4 heteroatoms. The number of ether oxygens (including phenoxy) is 3. The lowest BCUT2D eigenvalue weighted by Gasteiger charge is -2.29. The van der Waals surface area contributed by atoms with E-state index < -0.39 is 0 Å². The second-order valence-electron chi connectivity index (χ2n) is 6.12. The molecule has 3 unspecified atom stereocenters. The van der Waals surface area contributed by atoms with E-state index in [0.29, 0.717) is 18.3 Å². The van der Waals surface area contributed by atoms with Crippen LogP contribution < -0.4 is 0 Å². The van der Waals surface area contributed by atoms with Crippen molar-refractivity contribution in [2.24, 2.45) is 0 Å². The van der Waals surface area contributed by atoms with Crippen molar-refractivity contribution >= 4 is 0 Å². The molecule has 3 aliphatic heterocycles. The van der Waals surface area contributed by atoms with Crippen LogP contribution >= 0.6 is 0 Å². The van der Waals surface area contributed by atoms with E-state index in [4.69, 9.17) is 14.2 Å². The van der Waals surface area contributed by atoms with Gasteiger partial charge in [-0.25, -0.2) is 0 Å². The Kier molecular flexibility index (Phi) is 5.10. The second-order valence-corrected chi connectivity index (χ2v) is 6.12. The fourth-order valence-electron chi connectivity index (χ4n) is 3.45. The molecule has 0 aromatic carbocycles. The van der Waals surface area contributed by atoms with Gasteiger partial charge in [0.25, 0.3) is 0 Å². The molecule has 3 heterocycles. The minimum absolute atomic E-state index is 0.433. The molecule has 3 aliphatic rings. The SMILES string of the molecule is C1COC(CN(CC2CCCO2)CC2CCCO2)C1. The molecule has 0 aromatic rings. The first-order valence-electron chi connectivity index (χ1n) is 7.97. The van der Waals surface area contributed by atoms with Crippen LogP contribution in [0, 0.1) is 0 Å². The van der Waals surface area contributed by atoms with Crippen molar-refractivity contribution in [2.75, 3.05) is 39.5 Å². The molecular formula is C15H27NO3. The molecule has 19 heavy (non-hydrogen) atoms. The third-order valence-electron chi connectivity index (χ3n) is 4.46. The van der Waals surface area contributed by atoms with Crippen LogP contribution in [-0.2, 0) is 14.2 Å². The monoisotopic (exact) mass is 269 g/mol. The van der Waals surface area contributed by atoms with Gasteiger partial charge in [0.1, 0.15) is 0 Å². The third-order valence-corrected chi connectivity index (χ3v) is 4.46. The molecule has 0 N–H and O–H groups in total. The summed E-state index contributed by atoms with van der Waals surface area (Å²) in [4.78, 5) is 2.53. The highest BCUT2D eigenvalue weighted by Crippen LogP contribution is 2.20. The van der Waals surface area contributed by atoms with Crippen LogP contribution in [0.3, 0.4) is 0 Å². The van der Waals surface area contributed by atoms with Crippen molar-refractivity contribution < 1.29 is 14.2 Å². The molecule has 4 nitrogen and oxygen atoms in total. The van der Waals surface area contributed by atoms with Crippen LogP contribution in [0.5, 0.6) is 0 Å². The van der Waals surface area contributed by atoms with Crippen LogP contribution in [-0.4, -0.2) is 62.7 Å². The predicted molar refractivity (Wildman–Crippen MR) is 73.4 cm³/mol. The second kappa shape index (κ2) is 7.02. The number of hydrogen-bond acceptors (Lipinski definition) is 4. The molecule has 0 aliphatic carbocycles. The lowest BCUT2D eigenvalue weighted by molar-refractivity contribution is 0.0107. The maximum atomic E-state index is 5.79. The quantitative estimate of drug-likeness (QED) is 0.736. The van der Waals surface area contributed by atoms with Gasteiger partial charge in [-0.05, 0) is 38.5 Å². The normalized spacial score (nSPS) is 35.5. The van der Waals surface area contributed by atoms with Gasteiger partial charge < -0.3 is 14.2 Å². The first-order chi connectivity index (χ1) is 9.40. The maximum Gasteiger partial charge on any atom is 0.0702 e. The summed E-state index contributed by atoms with van der Waals surface area (Å²) in [6, 6.07) is 0. The van der Waals surface area contributed by atoms with E-state index in [-0.39, 0.29) is 0 Å². The minimum atomic E-state index is 0.433. The molecule has 110 valence electrons.